The molecule has 0 atom stereocenters. The average Bonchev–Trinajstić information content (AvgIpc) is 2.48. The molecule has 1 heterocycles. The molecule has 0 unspecified atom stereocenters. The van der Waals surface area contributed by atoms with Crippen molar-refractivity contribution in [3.63, 3.8) is 0 Å². The summed E-state index contributed by atoms with van der Waals surface area (Å²) in [5.41, 5.74) is 0. The Labute approximate surface area is 80.0 Å². The molecular weight excluding hydrogens is 194 g/mol. The zero-order valence-corrected chi connectivity index (χ0v) is 7.47. The number of imide groups is 1. The standard InChI is InChI=1S/C7H11NO6/c9-5-12-3-4-13-14-8-6(10)1-2-7(8)11/h9H,1-5H2. The van der Waals surface area contributed by atoms with Crippen LogP contribution in [0, 0.1) is 0 Å². The second kappa shape index (κ2) is 5.66. The maximum Gasteiger partial charge on any atom is 0.256 e. The van der Waals surface area contributed by atoms with Crippen molar-refractivity contribution < 1.29 is 29.3 Å². The highest BCUT2D eigenvalue weighted by molar-refractivity contribution is 6.00. The maximum absolute atomic E-state index is 10.9. The largest absolute Gasteiger partial charge is 0.371 e. The van der Waals surface area contributed by atoms with Gasteiger partial charge in [0, 0.05) is 12.8 Å². The summed E-state index contributed by atoms with van der Waals surface area (Å²) in [7, 11) is 0. The molecule has 0 aromatic rings. The number of hydrogen-bond donors (Lipinski definition) is 1. The Morgan fingerprint density at radius 2 is 1.86 bits per heavy atom. The van der Waals surface area contributed by atoms with Gasteiger partial charge in [0.2, 0.25) is 0 Å². The number of nitrogens with zero attached hydrogens (tertiary/aromatic N) is 1. The summed E-state index contributed by atoms with van der Waals surface area (Å²) in [4.78, 5) is 30.8. The minimum atomic E-state index is -0.418. The van der Waals surface area contributed by atoms with Crippen LogP contribution in [0.1, 0.15) is 12.8 Å². The van der Waals surface area contributed by atoms with Gasteiger partial charge >= 0.3 is 0 Å². The number of aliphatic hydroxyl groups is 1. The summed E-state index contributed by atoms with van der Waals surface area (Å²) >= 11 is 0. The van der Waals surface area contributed by atoms with Crippen molar-refractivity contribution in [1.29, 1.82) is 0 Å². The second-order valence-electron chi connectivity index (χ2n) is 2.52. The van der Waals surface area contributed by atoms with Crippen molar-refractivity contribution >= 4 is 11.8 Å². The fourth-order valence-electron chi connectivity index (χ4n) is 0.887. The average molecular weight is 205 g/mol. The molecule has 7 heteroatoms. The summed E-state index contributed by atoms with van der Waals surface area (Å²) in [6, 6.07) is 0. The van der Waals surface area contributed by atoms with Crippen LogP contribution in [0.2, 0.25) is 0 Å². The van der Waals surface area contributed by atoms with Gasteiger partial charge in [-0.15, -0.1) is 10.1 Å². The molecular formula is C7H11NO6. The third-order valence-electron chi connectivity index (χ3n) is 1.54. The molecule has 1 rings (SSSR count). The van der Waals surface area contributed by atoms with E-state index in [2.05, 4.69) is 14.6 Å². The van der Waals surface area contributed by atoms with Gasteiger partial charge < -0.3 is 9.84 Å². The van der Waals surface area contributed by atoms with Crippen LogP contribution in [0.4, 0.5) is 0 Å². The number of carbonyl (C=O) groups excluding carboxylic acids is 2. The summed E-state index contributed by atoms with van der Waals surface area (Å²) < 4.78 is 4.51. The van der Waals surface area contributed by atoms with Crippen molar-refractivity contribution in [2.45, 2.75) is 12.8 Å². The monoisotopic (exact) mass is 205 g/mol. The van der Waals surface area contributed by atoms with Crippen LogP contribution in [-0.4, -0.2) is 42.0 Å². The van der Waals surface area contributed by atoms with Crippen molar-refractivity contribution in [3.05, 3.63) is 0 Å². The van der Waals surface area contributed by atoms with E-state index in [0.717, 1.165) is 0 Å². The third-order valence-corrected chi connectivity index (χ3v) is 1.54. The quantitative estimate of drug-likeness (QED) is 0.196. The van der Waals surface area contributed by atoms with Gasteiger partial charge in [0.1, 0.15) is 13.4 Å². The molecule has 0 bridgehead atoms. The van der Waals surface area contributed by atoms with Gasteiger partial charge in [0.15, 0.2) is 0 Å². The molecule has 0 radical (unpaired) electrons. The Morgan fingerprint density at radius 1 is 1.21 bits per heavy atom. The zero-order valence-electron chi connectivity index (χ0n) is 7.47. The summed E-state index contributed by atoms with van der Waals surface area (Å²) in [6.07, 6.45) is 0.296. The Morgan fingerprint density at radius 3 is 2.43 bits per heavy atom. The lowest BCUT2D eigenvalue weighted by atomic mass is 10.4. The Kier molecular flexibility index (Phi) is 4.47. The minimum Gasteiger partial charge on any atom is -0.371 e. The molecule has 1 aliphatic heterocycles. The SMILES string of the molecule is O=C1CCC(=O)N1OOCCOCO. The van der Waals surface area contributed by atoms with Crippen molar-refractivity contribution in [2.75, 3.05) is 20.0 Å². The van der Waals surface area contributed by atoms with E-state index in [-0.39, 0.29) is 26.1 Å². The number of hydroxylamine groups is 2. The first kappa shape index (κ1) is 11.1. The van der Waals surface area contributed by atoms with Gasteiger partial charge in [-0.1, -0.05) is 0 Å². The van der Waals surface area contributed by atoms with E-state index in [1.165, 1.54) is 0 Å². The van der Waals surface area contributed by atoms with Crippen LogP contribution >= 0.6 is 0 Å². The number of aliphatic hydroxyl groups excluding tert-OH is 1. The van der Waals surface area contributed by atoms with Crippen molar-refractivity contribution in [3.8, 4) is 0 Å². The summed E-state index contributed by atoms with van der Waals surface area (Å²) in [5, 5.41) is 8.81. The van der Waals surface area contributed by atoms with Crippen molar-refractivity contribution in [1.82, 2.24) is 5.06 Å². The highest BCUT2D eigenvalue weighted by Gasteiger charge is 2.31. The normalized spacial score (nSPS) is 16.8. The fourth-order valence-corrected chi connectivity index (χ4v) is 0.887. The lowest BCUT2D eigenvalue weighted by molar-refractivity contribution is -0.396. The molecule has 0 aromatic heterocycles. The smallest absolute Gasteiger partial charge is 0.256 e. The molecule has 80 valence electrons. The second-order valence-corrected chi connectivity index (χ2v) is 2.52. The molecule has 1 saturated heterocycles. The van der Waals surface area contributed by atoms with E-state index in [1.54, 1.807) is 0 Å². The minimum absolute atomic E-state index is 0.0254. The van der Waals surface area contributed by atoms with Crippen LogP contribution in [0.3, 0.4) is 0 Å². The molecule has 0 aromatic carbocycles. The first-order valence-corrected chi connectivity index (χ1v) is 4.09. The predicted octanol–water partition coefficient (Wildman–Crippen LogP) is -1.04. The van der Waals surface area contributed by atoms with E-state index in [1.807, 2.05) is 0 Å². The van der Waals surface area contributed by atoms with Crippen LogP contribution in [0.5, 0.6) is 0 Å². The van der Waals surface area contributed by atoms with Gasteiger partial charge in [-0.2, -0.15) is 0 Å². The van der Waals surface area contributed by atoms with Gasteiger partial charge in [-0.05, 0) is 0 Å². The predicted molar refractivity (Wildman–Crippen MR) is 41.2 cm³/mol. The lowest BCUT2D eigenvalue weighted by Gasteiger charge is -2.10. The molecule has 0 aliphatic carbocycles. The number of amides is 2. The Hall–Kier alpha value is -1.02. The highest BCUT2D eigenvalue weighted by atomic mass is 17.3. The molecule has 14 heavy (non-hydrogen) atoms. The van der Waals surface area contributed by atoms with E-state index >= 15 is 0 Å². The number of ether oxygens (including phenoxy) is 1. The van der Waals surface area contributed by atoms with Gasteiger partial charge in [-0.25, -0.2) is 4.89 Å². The first-order valence-electron chi connectivity index (χ1n) is 4.09. The molecule has 1 aliphatic rings. The highest BCUT2D eigenvalue weighted by Crippen LogP contribution is 2.11. The van der Waals surface area contributed by atoms with Crippen molar-refractivity contribution in [2.24, 2.45) is 0 Å². The molecule has 0 saturated carbocycles. The maximum atomic E-state index is 10.9. The van der Waals surface area contributed by atoms with Crippen LogP contribution in [-0.2, 0) is 24.2 Å². The molecule has 7 nitrogen and oxygen atoms in total. The van der Waals surface area contributed by atoms with Crippen LogP contribution in [0.15, 0.2) is 0 Å². The van der Waals surface area contributed by atoms with E-state index in [9.17, 15) is 9.59 Å². The summed E-state index contributed by atoms with van der Waals surface area (Å²) in [5.74, 6) is -0.837. The fraction of sp³-hybridized carbons (Fsp3) is 0.714. The van der Waals surface area contributed by atoms with Gasteiger partial charge in [0.05, 0.1) is 6.61 Å². The molecule has 1 fully saturated rings. The third kappa shape index (κ3) is 3.04. The number of hydrogen-bond acceptors (Lipinski definition) is 6. The molecule has 2 amide bonds. The number of rotatable bonds is 6. The number of carbonyl (C=O) groups is 2. The van der Waals surface area contributed by atoms with Gasteiger partial charge in [-0.3, -0.25) is 9.59 Å². The van der Waals surface area contributed by atoms with Crippen LogP contribution < -0.4 is 0 Å². The Balaban J connectivity index is 2.11. The topological polar surface area (TPSA) is 85.3 Å². The molecule has 0 spiro atoms. The zero-order chi connectivity index (χ0) is 10.4. The molecule has 1 N–H and O–H groups in total. The van der Waals surface area contributed by atoms with E-state index in [4.69, 9.17) is 5.11 Å². The van der Waals surface area contributed by atoms with E-state index < -0.39 is 18.6 Å². The first-order chi connectivity index (χ1) is 6.75. The lowest BCUT2D eigenvalue weighted by Crippen LogP contribution is -2.29. The summed E-state index contributed by atoms with van der Waals surface area (Å²) in [6.45, 7) is -0.269. The van der Waals surface area contributed by atoms with E-state index in [0.29, 0.717) is 5.06 Å². The Bertz CT molecular complexity index is 202. The van der Waals surface area contributed by atoms with Crippen LogP contribution in [0.25, 0.3) is 0 Å². The van der Waals surface area contributed by atoms with Gasteiger partial charge in [0.25, 0.3) is 11.8 Å².